The van der Waals surface area contributed by atoms with E-state index in [-0.39, 0.29) is 12.7 Å². The monoisotopic (exact) mass is 423 g/mol. The summed E-state index contributed by atoms with van der Waals surface area (Å²) < 4.78 is 5.85. The Morgan fingerprint density at radius 3 is 2.71 bits per heavy atom. The largest absolute Gasteiger partial charge is 0.481 e. The Hall–Kier alpha value is -3.40. The molecule has 0 bridgehead atoms. The molecule has 1 saturated heterocycles. The number of H-pyrrole nitrogens is 1. The first kappa shape index (κ1) is 20.9. The third-order valence-electron chi connectivity index (χ3n) is 5.34. The molecule has 0 aliphatic carbocycles. The fourth-order valence-electron chi connectivity index (χ4n) is 3.28. The maximum absolute atomic E-state index is 11.2. The average molecular weight is 423 g/mol. The molecule has 0 aromatic carbocycles. The van der Waals surface area contributed by atoms with Gasteiger partial charge in [-0.25, -0.2) is 19.9 Å². The van der Waals surface area contributed by atoms with Crippen LogP contribution in [0.1, 0.15) is 26.7 Å². The molecule has 0 amide bonds. The minimum Gasteiger partial charge on any atom is -0.481 e. The molecule has 1 fully saturated rings. The molecule has 3 aromatic heterocycles. The number of piperidine rings is 1. The van der Waals surface area contributed by atoms with Gasteiger partial charge in [0.2, 0.25) is 0 Å². The quantitative estimate of drug-likeness (QED) is 0.588. The van der Waals surface area contributed by atoms with Crippen molar-refractivity contribution in [3.63, 3.8) is 0 Å². The second-order valence-corrected chi connectivity index (χ2v) is 8.19. The van der Waals surface area contributed by atoms with Crippen molar-refractivity contribution < 1.29 is 14.6 Å². The molecule has 0 radical (unpaired) electrons. The maximum atomic E-state index is 11.2. The van der Waals surface area contributed by atoms with Gasteiger partial charge < -0.3 is 14.7 Å². The van der Waals surface area contributed by atoms with Crippen LogP contribution in [0.2, 0.25) is 0 Å². The van der Waals surface area contributed by atoms with Gasteiger partial charge in [-0.2, -0.15) is 5.10 Å². The summed E-state index contributed by atoms with van der Waals surface area (Å²) in [6.07, 6.45) is 6.63. The van der Waals surface area contributed by atoms with Crippen LogP contribution in [0.15, 0.2) is 36.9 Å². The molecule has 0 atom stereocenters. The zero-order valence-electron chi connectivity index (χ0n) is 17.5. The van der Waals surface area contributed by atoms with Crippen molar-refractivity contribution in [3.8, 4) is 22.9 Å². The average Bonchev–Trinajstić information content (AvgIpc) is 3.29. The van der Waals surface area contributed by atoms with E-state index >= 15 is 0 Å². The predicted molar refractivity (Wildman–Crippen MR) is 113 cm³/mol. The van der Waals surface area contributed by atoms with Gasteiger partial charge in [0.25, 0.3) is 0 Å². The number of aromatic amines is 1. The number of ether oxygens (including phenoxy) is 1. The van der Waals surface area contributed by atoms with Gasteiger partial charge in [0.1, 0.15) is 17.8 Å². The van der Waals surface area contributed by atoms with E-state index in [2.05, 4.69) is 35.0 Å². The summed E-state index contributed by atoms with van der Waals surface area (Å²) in [5.74, 6) is 1.18. The van der Waals surface area contributed by atoms with Gasteiger partial charge in [0.15, 0.2) is 11.6 Å². The summed E-state index contributed by atoms with van der Waals surface area (Å²) in [6, 6.07) is 5.68. The van der Waals surface area contributed by atoms with E-state index in [0.717, 1.165) is 37.3 Å². The number of aromatic nitrogens is 6. The Morgan fingerprint density at radius 1 is 1.26 bits per heavy atom. The molecule has 3 aromatic rings. The highest BCUT2D eigenvalue weighted by Crippen LogP contribution is 2.24. The number of carboxylic acid groups (broad SMARTS) is 1. The molecule has 31 heavy (non-hydrogen) atoms. The molecule has 0 unspecified atom stereocenters. The van der Waals surface area contributed by atoms with E-state index < -0.39 is 11.4 Å². The van der Waals surface area contributed by atoms with Crippen LogP contribution in [-0.2, 0) is 9.53 Å². The topological polar surface area (TPSA) is 130 Å². The normalized spacial score (nSPS) is 15.2. The van der Waals surface area contributed by atoms with Gasteiger partial charge in [0.05, 0.1) is 18.1 Å². The highest BCUT2D eigenvalue weighted by molar-refractivity contribution is 5.73. The smallest absolute Gasteiger partial charge is 0.311 e. The third-order valence-corrected chi connectivity index (χ3v) is 5.34. The molecule has 162 valence electrons. The minimum absolute atomic E-state index is 0.0719. The number of carboxylic acids is 1. The van der Waals surface area contributed by atoms with Crippen molar-refractivity contribution in [1.29, 1.82) is 0 Å². The van der Waals surface area contributed by atoms with Crippen molar-refractivity contribution in [3.05, 3.63) is 36.9 Å². The van der Waals surface area contributed by atoms with E-state index in [0.29, 0.717) is 17.3 Å². The maximum Gasteiger partial charge on any atom is 0.311 e. The van der Waals surface area contributed by atoms with Crippen LogP contribution < -0.4 is 4.90 Å². The number of nitrogens with one attached hydrogen (secondary N) is 1. The molecule has 10 heteroatoms. The Bertz CT molecular complexity index is 1010. The summed E-state index contributed by atoms with van der Waals surface area (Å²) in [5, 5.41) is 16.4. The molecule has 2 N–H and O–H groups in total. The highest BCUT2D eigenvalue weighted by Gasteiger charge is 2.30. The standard InChI is InChI=1S/C21H25N7O3/c1-21(2,20(29)30)12-31-15-6-9-28(10-7-15)17-4-3-14(11-23-17)18-25-19(27-26-18)16-5-8-22-13-24-16/h3-5,8,11,13,15H,6-7,9-10,12H2,1-2H3,(H,29,30)(H,25,26,27). The van der Waals surface area contributed by atoms with Crippen molar-refractivity contribution >= 4 is 11.8 Å². The first-order valence-electron chi connectivity index (χ1n) is 10.2. The molecular weight excluding hydrogens is 398 g/mol. The van der Waals surface area contributed by atoms with Crippen LogP contribution in [0.25, 0.3) is 22.9 Å². The number of nitrogens with zero attached hydrogens (tertiary/aromatic N) is 6. The first-order chi connectivity index (χ1) is 14.9. The molecule has 0 spiro atoms. The summed E-state index contributed by atoms with van der Waals surface area (Å²) in [5.41, 5.74) is 0.617. The van der Waals surface area contributed by atoms with E-state index in [4.69, 9.17) is 4.74 Å². The minimum atomic E-state index is -0.873. The number of hydrogen-bond acceptors (Lipinski definition) is 8. The fourth-order valence-corrected chi connectivity index (χ4v) is 3.28. The lowest BCUT2D eigenvalue weighted by atomic mass is 9.95. The summed E-state index contributed by atoms with van der Waals surface area (Å²) in [4.78, 5) is 30.6. The number of carbonyl (C=O) groups is 1. The Balaban J connectivity index is 1.33. The van der Waals surface area contributed by atoms with E-state index in [1.54, 1.807) is 32.3 Å². The van der Waals surface area contributed by atoms with Crippen LogP contribution >= 0.6 is 0 Å². The zero-order valence-corrected chi connectivity index (χ0v) is 17.5. The number of pyridine rings is 1. The van der Waals surface area contributed by atoms with Crippen LogP contribution in [0, 0.1) is 5.41 Å². The van der Waals surface area contributed by atoms with Gasteiger partial charge in [0, 0.05) is 31.0 Å². The number of anilines is 1. The van der Waals surface area contributed by atoms with Gasteiger partial charge in [-0.15, -0.1) is 0 Å². The van der Waals surface area contributed by atoms with Gasteiger partial charge in [-0.05, 0) is 44.9 Å². The number of rotatable bonds is 7. The Kier molecular flexibility index (Phi) is 5.90. The SMILES string of the molecule is CC(C)(COC1CCN(c2ccc(-c3n[nH]c(-c4ccncn4)n3)cn2)CC1)C(=O)O. The number of aliphatic carboxylic acids is 1. The van der Waals surface area contributed by atoms with E-state index in [9.17, 15) is 9.90 Å². The highest BCUT2D eigenvalue weighted by atomic mass is 16.5. The van der Waals surface area contributed by atoms with E-state index in [1.807, 2.05) is 12.1 Å². The Morgan fingerprint density at radius 2 is 2.06 bits per heavy atom. The van der Waals surface area contributed by atoms with Crippen LogP contribution in [-0.4, -0.2) is 67.0 Å². The van der Waals surface area contributed by atoms with Crippen LogP contribution in [0.5, 0.6) is 0 Å². The molecule has 4 rings (SSSR count). The van der Waals surface area contributed by atoms with Crippen molar-refractivity contribution in [2.75, 3.05) is 24.6 Å². The predicted octanol–water partition coefficient (Wildman–Crippen LogP) is 2.42. The van der Waals surface area contributed by atoms with Gasteiger partial charge >= 0.3 is 5.97 Å². The van der Waals surface area contributed by atoms with Gasteiger partial charge in [-0.1, -0.05) is 0 Å². The summed E-state index contributed by atoms with van der Waals surface area (Å²) >= 11 is 0. The molecular formula is C21H25N7O3. The fraction of sp³-hybridized carbons (Fsp3) is 0.429. The second kappa shape index (κ2) is 8.76. The lowest BCUT2D eigenvalue weighted by Gasteiger charge is -2.34. The lowest BCUT2D eigenvalue weighted by Crippen LogP contribution is -2.39. The summed E-state index contributed by atoms with van der Waals surface area (Å²) in [7, 11) is 0. The summed E-state index contributed by atoms with van der Waals surface area (Å²) in [6.45, 7) is 5.20. The second-order valence-electron chi connectivity index (χ2n) is 8.19. The molecule has 1 aliphatic heterocycles. The van der Waals surface area contributed by atoms with Crippen molar-refractivity contribution in [2.45, 2.75) is 32.8 Å². The molecule has 0 saturated carbocycles. The lowest BCUT2D eigenvalue weighted by molar-refractivity contribution is -0.152. The Labute approximate surface area is 179 Å². The van der Waals surface area contributed by atoms with E-state index in [1.165, 1.54) is 6.33 Å². The third kappa shape index (κ3) is 4.85. The van der Waals surface area contributed by atoms with Crippen molar-refractivity contribution in [2.24, 2.45) is 5.41 Å². The molecule has 1 aliphatic rings. The van der Waals surface area contributed by atoms with Crippen molar-refractivity contribution in [1.82, 2.24) is 30.1 Å². The van der Waals surface area contributed by atoms with Crippen LogP contribution in [0.4, 0.5) is 5.82 Å². The molecule has 4 heterocycles. The van der Waals surface area contributed by atoms with Gasteiger partial charge in [-0.3, -0.25) is 9.89 Å². The van der Waals surface area contributed by atoms with Crippen LogP contribution in [0.3, 0.4) is 0 Å². The molecule has 10 nitrogen and oxygen atoms in total. The zero-order chi connectivity index (χ0) is 21.8. The number of hydrogen-bond donors (Lipinski definition) is 2. The first-order valence-corrected chi connectivity index (χ1v) is 10.2.